The van der Waals surface area contributed by atoms with Crippen molar-refractivity contribution >= 4 is 5.82 Å². The Bertz CT molecular complexity index is 769. The Labute approximate surface area is 147 Å². The zero-order chi connectivity index (χ0) is 16.9. The first-order chi connectivity index (χ1) is 12.4. The summed E-state index contributed by atoms with van der Waals surface area (Å²) in [5.74, 6) is 0.982. The van der Waals surface area contributed by atoms with Gasteiger partial charge in [-0.05, 0) is 48.7 Å². The Balaban J connectivity index is 1.31. The summed E-state index contributed by atoms with van der Waals surface area (Å²) >= 11 is 0. The first-order valence-corrected chi connectivity index (χ1v) is 8.74. The average molecular weight is 334 g/mol. The molecule has 6 nitrogen and oxygen atoms in total. The summed E-state index contributed by atoms with van der Waals surface area (Å²) in [5.41, 5.74) is 2.36. The first-order valence-electron chi connectivity index (χ1n) is 8.74. The van der Waals surface area contributed by atoms with Crippen LogP contribution in [-0.4, -0.2) is 39.1 Å². The maximum absolute atomic E-state index is 4.25. The van der Waals surface area contributed by atoms with Crippen molar-refractivity contribution in [3.63, 3.8) is 0 Å². The Morgan fingerprint density at radius 3 is 2.76 bits per heavy atom. The smallest absolute Gasteiger partial charge is 0.151 e. The lowest BCUT2D eigenvalue weighted by molar-refractivity contribution is 0.569. The lowest BCUT2D eigenvalue weighted by Crippen LogP contribution is -2.38. The van der Waals surface area contributed by atoms with E-state index in [1.54, 1.807) is 12.4 Å². The molecule has 0 spiro atoms. The number of nitrogens with zero attached hydrogens (tertiary/aromatic N) is 5. The third-order valence-corrected chi connectivity index (χ3v) is 4.64. The molecule has 0 radical (unpaired) electrons. The molecule has 3 aromatic rings. The number of rotatable bonds is 6. The van der Waals surface area contributed by atoms with Gasteiger partial charge in [-0.2, -0.15) is 10.2 Å². The standard InChI is InChI=1S/C19H22N6/c1-5-19(23-21-10-1)24-12-2-4-18(24)15-20-14-16-6-8-17(9-7-16)25-13-3-11-22-25/h1,3,5-11,13,18,20H,2,4,12,14-15H2. The van der Waals surface area contributed by atoms with Crippen LogP contribution >= 0.6 is 0 Å². The van der Waals surface area contributed by atoms with Gasteiger partial charge in [-0.1, -0.05) is 12.1 Å². The van der Waals surface area contributed by atoms with Crippen LogP contribution in [-0.2, 0) is 6.54 Å². The number of anilines is 1. The summed E-state index contributed by atoms with van der Waals surface area (Å²) in [6.07, 6.45) is 7.87. The third kappa shape index (κ3) is 3.69. The van der Waals surface area contributed by atoms with Gasteiger partial charge in [0.25, 0.3) is 0 Å². The number of nitrogens with one attached hydrogen (secondary N) is 1. The average Bonchev–Trinajstić information content (AvgIpc) is 3.35. The minimum Gasteiger partial charge on any atom is -0.351 e. The molecule has 1 saturated heterocycles. The number of hydrogen-bond donors (Lipinski definition) is 1. The zero-order valence-electron chi connectivity index (χ0n) is 14.1. The van der Waals surface area contributed by atoms with Crippen molar-refractivity contribution in [1.29, 1.82) is 0 Å². The summed E-state index contributed by atoms with van der Waals surface area (Å²) in [4.78, 5) is 2.36. The second kappa shape index (κ2) is 7.44. The van der Waals surface area contributed by atoms with Gasteiger partial charge < -0.3 is 10.2 Å². The highest BCUT2D eigenvalue weighted by Crippen LogP contribution is 2.22. The van der Waals surface area contributed by atoms with Gasteiger partial charge in [-0.15, -0.1) is 5.10 Å². The largest absolute Gasteiger partial charge is 0.351 e. The van der Waals surface area contributed by atoms with E-state index < -0.39 is 0 Å². The molecule has 1 aromatic carbocycles. The SMILES string of the molecule is c1cnnc(N2CCCC2CNCc2ccc(-n3cccn3)cc2)c1. The molecule has 2 aromatic heterocycles. The summed E-state index contributed by atoms with van der Waals surface area (Å²) in [6, 6.07) is 14.9. The Morgan fingerprint density at radius 1 is 1.08 bits per heavy atom. The molecule has 0 bridgehead atoms. The molecule has 3 heterocycles. The van der Waals surface area contributed by atoms with Gasteiger partial charge in [0.15, 0.2) is 5.82 Å². The van der Waals surface area contributed by atoms with E-state index in [1.165, 1.54) is 18.4 Å². The van der Waals surface area contributed by atoms with Crippen LogP contribution in [0.2, 0.25) is 0 Å². The Kier molecular flexibility index (Phi) is 4.70. The molecule has 25 heavy (non-hydrogen) atoms. The molecule has 0 saturated carbocycles. The maximum atomic E-state index is 4.25. The minimum absolute atomic E-state index is 0.486. The van der Waals surface area contributed by atoms with Gasteiger partial charge in [0, 0.05) is 44.3 Å². The lowest BCUT2D eigenvalue weighted by Gasteiger charge is -2.25. The van der Waals surface area contributed by atoms with Crippen LogP contribution in [0.3, 0.4) is 0 Å². The van der Waals surface area contributed by atoms with Crippen molar-refractivity contribution in [2.75, 3.05) is 18.0 Å². The maximum Gasteiger partial charge on any atom is 0.151 e. The molecule has 1 aliphatic rings. The molecule has 6 heteroatoms. The Hall–Kier alpha value is -2.73. The highest BCUT2D eigenvalue weighted by atomic mass is 15.3. The van der Waals surface area contributed by atoms with Crippen LogP contribution in [0.5, 0.6) is 0 Å². The molecule has 0 aliphatic carbocycles. The predicted octanol–water partition coefficient (Wildman–Crippen LogP) is 2.42. The molecule has 128 valence electrons. The molecule has 4 rings (SSSR count). The van der Waals surface area contributed by atoms with Gasteiger partial charge in [0.05, 0.1) is 5.69 Å². The summed E-state index contributed by atoms with van der Waals surface area (Å²) in [5, 5.41) is 16.1. The fraction of sp³-hybridized carbons (Fsp3) is 0.316. The van der Waals surface area contributed by atoms with Crippen LogP contribution in [0.1, 0.15) is 18.4 Å². The molecule has 1 unspecified atom stereocenters. The van der Waals surface area contributed by atoms with E-state index >= 15 is 0 Å². The van der Waals surface area contributed by atoms with Gasteiger partial charge >= 0.3 is 0 Å². The normalized spacial score (nSPS) is 17.1. The van der Waals surface area contributed by atoms with Crippen molar-refractivity contribution < 1.29 is 0 Å². The highest BCUT2D eigenvalue weighted by molar-refractivity contribution is 5.39. The number of hydrogen-bond acceptors (Lipinski definition) is 5. The van der Waals surface area contributed by atoms with E-state index in [4.69, 9.17) is 0 Å². The van der Waals surface area contributed by atoms with E-state index in [9.17, 15) is 0 Å². The number of benzene rings is 1. The molecule has 1 atom stereocenters. The predicted molar refractivity (Wildman–Crippen MR) is 97.7 cm³/mol. The van der Waals surface area contributed by atoms with Crippen LogP contribution in [0.25, 0.3) is 5.69 Å². The van der Waals surface area contributed by atoms with Crippen LogP contribution < -0.4 is 10.2 Å². The fourth-order valence-electron chi connectivity index (χ4n) is 3.37. The molecular formula is C19H22N6. The van der Waals surface area contributed by atoms with Gasteiger partial charge in [-0.25, -0.2) is 4.68 Å². The minimum atomic E-state index is 0.486. The van der Waals surface area contributed by atoms with E-state index in [0.717, 1.165) is 31.1 Å². The monoisotopic (exact) mass is 334 g/mol. The van der Waals surface area contributed by atoms with E-state index in [2.05, 4.69) is 49.8 Å². The molecule has 1 fully saturated rings. The third-order valence-electron chi connectivity index (χ3n) is 4.64. The van der Waals surface area contributed by atoms with E-state index in [0.29, 0.717) is 6.04 Å². The lowest BCUT2D eigenvalue weighted by atomic mass is 10.2. The molecule has 0 amide bonds. The van der Waals surface area contributed by atoms with E-state index in [1.807, 2.05) is 29.1 Å². The van der Waals surface area contributed by atoms with Gasteiger partial charge in [0.1, 0.15) is 0 Å². The Morgan fingerprint density at radius 2 is 2.00 bits per heavy atom. The van der Waals surface area contributed by atoms with Crippen molar-refractivity contribution in [3.05, 3.63) is 66.6 Å². The van der Waals surface area contributed by atoms with Gasteiger partial charge in [-0.3, -0.25) is 0 Å². The molecular weight excluding hydrogens is 312 g/mol. The van der Waals surface area contributed by atoms with Crippen molar-refractivity contribution in [1.82, 2.24) is 25.3 Å². The van der Waals surface area contributed by atoms with Crippen molar-refractivity contribution in [2.24, 2.45) is 0 Å². The van der Waals surface area contributed by atoms with E-state index in [-0.39, 0.29) is 0 Å². The van der Waals surface area contributed by atoms with Gasteiger partial charge in [0.2, 0.25) is 0 Å². The molecule has 1 N–H and O–H groups in total. The summed E-state index contributed by atoms with van der Waals surface area (Å²) in [7, 11) is 0. The van der Waals surface area contributed by atoms with Crippen LogP contribution in [0.15, 0.2) is 61.1 Å². The van der Waals surface area contributed by atoms with Crippen LogP contribution in [0.4, 0.5) is 5.82 Å². The zero-order valence-corrected chi connectivity index (χ0v) is 14.1. The first kappa shape index (κ1) is 15.8. The molecule has 1 aliphatic heterocycles. The van der Waals surface area contributed by atoms with Crippen molar-refractivity contribution in [3.8, 4) is 5.69 Å². The quantitative estimate of drug-likeness (QED) is 0.750. The van der Waals surface area contributed by atoms with Crippen LogP contribution in [0, 0.1) is 0 Å². The summed E-state index contributed by atoms with van der Waals surface area (Å²) in [6.45, 7) is 2.88. The van der Waals surface area contributed by atoms with Crippen molar-refractivity contribution in [2.45, 2.75) is 25.4 Å². The fourth-order valence-corrected chi connectivity index (χ4v) is 3.37. The second-order valence-corrected chi connectivity index (χ2v) is 6.32. The second-order valence-electron chi connectivity index (χ2n) is 6.32. The summed E-state index contributed by atoms with van der Waals surface area (Å²) < 4.78 is 1.87. The topological polar surface area (TPSA) is 58.9 Å². The highest BCUT2D eigenvalue weighted by Gasteiger charge is 2.25. The number of aromatic nitrogens is 4.